The van der Waals surface area contributed by atoms with Gasteiger partial charge in [-0.1, -0.05) is 30.7 Å². The number of benzene rings is 1. The second-order valence-corrected chi connectivity index (χ2v) is 5.12. The molecule has 0 amide bonds. The predicted octanol–water partition coefficient (Wildman–Crippen LogP) is 2.41. The zero-order chi connectivity index (χ0) is 14.7. The fraction of sp³-hybridized carbons (Fsp3) is 0.385. The van der Waals surface area contributed by atoms with Crippen LogP contribution in [0.15, 0.2) is 18.2 Å². The number of carbonyl (C=O) groups is 1. The number of tetrazole rings is 1. The summed E-state index contributed by atoms with van der Waals surface area (Å²) in [6.45, 7) is 4.03. The predicted molar refractivity (Wildman–Crippen MR) is 74.4 cm³/mol. The van der Waals surface area contributed by atoms with Crippen LogP contribution in [0, 0.1) is 12.8 Å². The van der Waals surface area contributed by atoms with Gasteiger partial charge in [0, 0.05) is 17.1 Å². The second-order valence-electron chi connectivity index (χ2n) is 4.72. The summed E-state index contributed by atoms with van der Waals surface area (Å²) in [6.07, 6.45) is 0.465. The normalized spacial score (nSPS) is 12.3. The first kappa shape index (κ1) is 14.5. The Balaban J connectivity index is 2.19. The van der Waals surface area contributed by atoms with Gasteiger partial charge in [0.1, 0.15) is 0 Å². The number of rotatable bonds is 5. The van der Waals surface area contributed by atoms with Crippen molar-refractivity contribution in [3.8, 4) is 11.4 Å². The lowest BCUT2D eigenvalue weighted by molar-refractivity contribution is -0.141. The molecule has 0 saturated heterocycles. The van der Waals surface area contributed by atoms with Crippen molar-refractivity contribution in [2.24, 2.45) is 5.92 Å². The Hall–Kier alpha value is -1.95. The summed E-state index contributed by atoms with van der Waals surface area (Å²) < 4.78 is 1.60. The molecular formula is C13H15ClN4O2. The second kappa shape index (κ2) is 6.00. The molecule has 0 saturated carbocycles. The molecule has 0 aliphatic carbocycles. The van der Waals surface area contributed by atoms with E-state index in [-0.39, 0.29) is 0 Å². The average Bonchev–Trinajstić information content (AvgIpc) is 2.87. The van der Waals surface area contributed by atoms with Crippen LogP contribution in [0.3, 0.4) is 0 Å². The minimum absolute atomic E-state index is 0.436. The first-order valence-electron chi connectivity index (χ1n) is 6.24. The number of hydrogen-bond donors (Lipinski definition) is 1. The molecule has 1 N–H and O–H groups in total. The number of nitrogens with zero attached hydrogens (tertiary/aromatic N) is 4. The van der Waals surface area contributed by atoms with Gasteiger partial charge < -0.3 is 5.11 Å². The summed E-state index contributed by atoms with van der Waals surface area (Å²) in [4.78, 5) is 10.8. The van der Waals surface area contributed by atoms with E-state index in [1.807, 2.05) is 19.1 Å². The molecule has 20 heavy (non-hydrogen) atoms. The lowest BCUT2D eigenvalue weighted by atomic mass is 10.1. The first-order chi connectivity index (χ1) is 9.49. The fourth-order valence-corrected chi connectivity index (χ4v) is 1.91. The highest BCUT2D eigenvalue weighted by Gasteiger charge is 2.14. The number of aryl methyl sites for hydroxylation is 2. The molecule has 0 aliphatic rings. The van der Waals surface area contributed by atoms with Gasteiger partial charge in [0.2, 0.25) is 0 Å². The molecule has 1 aromatic carbocycles. The molecule has 1 atom stereocenters. The molecule has 1 aromatic heterocycles. The molecule has 7 heteroatoms. The smallest absolute Gasteiger partial charge is 0.306 e. The van der Waals surface area contributed by atoms with Crippen molar-refractivity contribution in [1.82, 2.24) is 20.2 Å². The van der Waals surface area contributed by atoms with Gasteiger partial charge in [0.25, 0.3) is 0 Å². The molecule has 2 aromatic rings. The molecule has 0 bridgehead atoms. The van der Waals surface area contributed by atoms with Gasteiger partial charge in [-0.15, -0.1) is 5.10 Å². The molecular weight excluding hydrogens is 280 g/mol. The van der Waals surface area contributed by atoms with Crippen LogP contribution < -0.4 is 0 Å². The highest BCUT2D eigenvalue weighted by atomic mass is 35.5. The zero-order valence-electron chi connectivity index (χ0n) is 11.2. The van der Waals surface area contributed by atoms with Gasteiger partial charge >= 0.3 is 5.97 Å². The van der Waals surface area contributed by atoms with E-state index >= 15 is 0 Å². The Morgan fingerprint density at radius 1 is 1.50 bits per heavy atom. The number of carboxylic acids is 1. The molecule has 0 fully saturated rings. The Labute approximate surface area is 121 Å². The summed E-state index contributed by atoms with van der Waals surface area (Å²) >= 11 is 6.10. The van der Waals surface area contributed by atoms with Crippen molar-refractivity contribution >= 4 is 17.6 Å². The largest absolute Gasteiger partial charge is 0.481 e. The molecule has 0 radical (unpaired) electrons. The molecule has 106 valence electrons. The Kier molecular flexibility index (Phi) is 4.34. The number of aliphatic carboxylic acids is 1. The standard InChI is InChI=1S/C13H15ClN4O2/c1-8-3-4-10(7-11(8)14)12-15-16-17-18(12)6-5-9(2)13(19)20/h3-4,7,9H,5-6H2,1-2H3,(H,19,20). The van der Waals surface area contributed by atoms with Crippen molar-refractivity contribution in [3.05, 3.63) is 28.8 Å². The topological polar surface area (TPSA) is 80.9 Å². The lowest BCUT2D eigenvalue weighted by Crippen LogP contribution is -2.14. The van der Waals surface area contributed by atoms with Crippen LogP contribution in [0.25, 0.3) is 11.4 Å². The maximum Gasteiger partial charge on any atom is 0.306 e. The van der Waals surface area contributed by atoms with Gasteiger partial charge in [-0.05, 0) is 35.4 Å². The lowest BCUT2D eigenvalue weighted by Gasteiger charge is -2.08. The Morgan fingerprint density at radius 2 is 2.25 bits per heavy atom. The highest BCUT2D eigenvalue weighted by molar-refractivity contribution is 6.31. The van der Waals surface area contributed by atoms with Gasteiger partial charge in [0.15, 0.2) is 5.82 Å². The molecule has 1 unspecified atom stereocenters. The minimum Gasteiger partial charge on any atom is -0.481 e. The quantitative estimate of drug-likeness (QED) is 0.916. The van der Waals surface area contributed by atoms with E-state index in [0.717, 1.165) is 11.1 Å². The van der Waals surface area contributed by atoms with Gasteiger partial charge in [-0.3, -0.25) is 4.79 Å². The van der Waals surface area contributed by atoms with Crippen LogP contribution in [-0.4, -0.2) is 31.3 Å². The molecule has 2 rings (SSSR count). The van der Waals surface area contributed by atoms with Crippen molar-refractivity contribution in [2.45, 2.75) is 26.8 Å². The van der Waals surface area contributed by atoms with E-state index in [4.69, 9.17) is 16.7 Å². The van der Waals surface area contributed by atoms with Crippen LogP contribution in [0.4, 0.5) is 0 Å². The van der Waals surface area contributed by atoms with E-state index < -0.39 is 11.9 Å². The van der Waals surface area contributed by atoms with Gasteiger partial charge in [-0.2, -0.15) is 0 Å². The summed E-state index contributed by atoms with van der Waals surface area (Å²) in [6, 6.07) is 5.60. The van der Waals surface area contributed by atoms with Crippen LogP contribution in [0.2, 0.25) is 5.02 Å². The monoisotopic (exact) mass is 294 g/mol. The maximum atomic E-state index is 10.8. The summed E-state index contributed by atoms with van der Waals surface area (Å²) in [5.74, 6) is -0.670. The van der Waals surface area contributed by atoms with E-state index in [2.05, 4.69) is 15.5 Å². The van der Waals surface area contributed by atoms with E-state index in [1.54, 1.807) is 17.7 Å². The van der Waals surface area contributed by atoms with E-state index in [0.29, 0.717) is 23.8 Å². The minimum atomic E-state index is -0.821. The first-order valence-corrected chi connectivity index (χ1v) is 6.62. The maximum absolute atomic E-state index is 10.8. The third-order valence-corrected chi connectivity index (χ3v) is 3.56. The summed E-state index contributed by atoms with van der Waals surface area (Å²) in [7, 11) is 0. The average molecular weight is 295 g/mol. The van der Waals surface area contributed by atoms with Gasteiger partial charge in [-0.25, -0.2) is 4.68 Å². The molecule has 6 nitrogen and oxygen atoms in total. The van der Waals surface area contributed by atoms with Crippen molar-refractivity contribution < 1.29 is 9.90 Å². The summed E-state index contributed by atoms with van der Waals surface area (Å²) in [5.41, 5.74) is 1.79. The number of aromatic nitrogens is 4. The molecule has 1 heterocycles. The van der Waals surface area contributed by atoms with Crippen LogP contribution in [-0.2, 0) is 11.3 Å². The summed E-state index contributed by atoms with van der Waals surface area (Å²) in [5, 5.41) is 21.1. The van der Waals surface area contributed by atoms with Crippen LogP contribution >= 0.6 is 11.6 Å². The number of carboxylic acid groups (broad SMARTS) is 1. The van der Waals surface area contributed by atoms with Crippen molar-refractivity contribution in [3.63, 3.8) is 0 Å². The Bertz CT molecular complexity index is 627. The molecule has 0 spiro atoms. The van der Waals surface area contributed by atoms with Crippen LogP contribution in [0.5, 0.6) is 0 Å². The van der Waals surface area contributed by atoms with E-state index in [1.165, 1.54) is 0 Å². The van der Waals surface area contributed by atoms with Crippen LogP contribution in [0.1, 0.15) is 18.9 Å². The highest BCUT2D eigenvalue weighted by Crippen LogP contribution is 2.23. The SMILES string of the molecule is Cc1ccc(-c2nnnn2CCC(C)C(=O)O)cc1Cl. The number of hydrogen-bond acceptors (Lipinski definition) is 4. The third kappa shape index (κ3) is 3.14. The number of halogens is 1. The van der Waals surface area contributed by atoms with Gasteiger partial charge in [0.05, 0.1) is 5.92 Å². The van der Waals surface area contributed by atoms with E-state index in [9.17, 15) is 4.79 Å². The third-order valence-electron chi connectivity index (χ3n) is 3.16. The molecule has 0 aliphatic heterocycles. The van der Waals surface area contributed by atoms with Crippen molar-refractivity contribution in [2.75, 3.05) is 0 Å². The zero-order valence-corrected chi connectivity index (χ0v) is 12.0. The van der Waals surface area contributed by atoms with Crippen molar-refractivity contribution in [1.29, 1.82) is 0 Å². The Morgan fingerprint density at radius 3 is 2.90 bits per heavy atom. The fourth-order valence-electron chi connectivity index (χ4n) is 1.73.